The van der Waals surface area contributed by atoms with Crippen molar-refractivity contribution in [2.24, 2.45) is 18.1 Å². The number of halogens is 2. The van der Waals surface area contributed by atoms with E-state index in [2.05, 4.69) is 23.2 Å². The topological polar surface area (TPSA) is 90.1 Å². The molecule has 206 valence electrons. The van der Waals surface area contributed by atoms with E-state index in [-0.39, 0.29) is 12.0 Å². The number of pyridine rings is 1. The second-order valence-corrected chi connectivity index (χ2v) is 10.3. The van der Waals surface area contributed by atoms with E-state index in [9.17, 15) is 18.7 Å². The maximum atomic E-state index is 14.1. The Kier molecular flexibility index (Phi) is 6.67. The quantitative estimate of drug-likeness (QED) is 0.530. The zero-order chi connectivity index (χ0) is 28.0. The number of benzene rings is 1. The minimum atomic E-state index is -1.89. The van der Waals surface area contributed by atoms with Crippen molar-refractivity contribution in [3.05, 3.63) is 89.5 Å². The predicted octanol–water partition coefficient (Wildman–Crippen LogP) is 3.22. The van der Waals surface area contributed by atoms with Crippen LogP contribution in [-0.4, -0.2) is 74.1 Å². The number of rotatable bonds is 5. The molecule has 1 fully saturated rings. The van der Waals surface area contributed by atoms with E-state index in [4.69, 9.17) is 4.98 Å². The number of aliphatic hydroxyl groups is 1. The molecule has 9 nitrogen and oxygen atoms in total. The first kappa shape index (κ1) is 25.9. The molecule has 1 saturated heterocycles. The number of piperazine rings is 1. The van der Waals surface area contributed by atoms with Crippen molar-refractivity contribution in [1.82, 2.24) is 24.7 Å². The highest BCUT2D eigenvalue weighted by Crippen LogP contribution is 2.38. The molecule has 0 spiro atoms. The molecule has 3 atom stereocenters. The molecule has 3 unspecified atom stereocenters. The van der Waals surface area contributed by atoms with Crippen LogP contribution in [0.25, 0.3) is 11.1 Å². The lowest BCUT2D eigenvalue weighted by molar-refractivity contribution is -0.141. The van der Waals surface area contributed by atoms with Crippen LogP contribution in [0.2, 0.25) is 0 Å². The van der Waals surface area contributed by atoms with Crippen LogP contribution in [0.4, 0.5) is 14.6 Å². The third kappa shape index (κ3) is 4.66. The molecule has 0 saturated carbocycles. The Morgan fingerprint density at radius 1 is 1.05 bits per heavy atom. The zero-order valence-corrected chi connectivity index (χ0v) is 22.2. The minimum absolute atomic E-state index is 0.0772. The second-order valence-electron chi connectivity index (χ2n) is 10.3. The number of anilines is 1. The molecule has 3 aliphatic rings. The van der Waals surface area contributed by atoms with Gasteiger partial charge in [-0.05, 0) is 41.5 Å². The highest BCUT2D eigenvalue weighted by Gasteiger charge is 2.35. The lowest BCUT2D eigenvalue weighted by Gasteiger charge is -2.36. The molecule has 5 heterocycles. The first-order valence-corrected chi connectivity index (χ1v) is 13.2. The lowest BCUT2D eigenvalue weighted by atomic mass is 9.87. The van der Waals surface area contributed by atoms with Gasteiger partial charge in [-0.3, -0.25) is 14.5 Å². The first-order valence-electron chi connectivity index (χ1n) is 13.2. The van der Waals surface area contributed by atoms with E-state index in [0.717, 1.165) is 40.2 Å². The summed E-state index contributed by atoms with van der Waals surface area (Å²) >= 11 is 0. The van der Waals surface area contributed by atoms with Crippen LogP contribution in [0, 0.1) is 17.6 Å². The number of amides is 1. The van der Waals surface area contributed by atoms with E-state index >= 15 is 0 Å². The predicted molar refractivity (Wildman–Crippen MR) is 147 cm³/mol. The summed E-state index contributed by atoms with van der Waals surface area (Å²) in [4.78, 5) is 21.0. The molecule has 3 aliphatic heterocycles. The molecule has 0 radical (unpaired) electrons. The van der Waals surface area contributed by atoms with Crippen molar-refractivity contribution < 1.29 is 18.7 Å². The van der Waals surface area contributed by atoms with Gasteiger partial charge < -0.3 is 14.9 Å². The van der Waals surface area contributed by atoms with Gasteiger partial charge in [0, 0.05) is 75.1 Å². The Labute approximate surface area is 230 Å². The molecule has 0 aliphatic carbocycles. The van der Waals surface area contributed by atoms with Crippen LogP contribution in [0.5, 0.6) is 0 Å². The van der Waals surface area contributed by atoms with Gasteiger partial charge in [0.25, 0.3) is 5.91 Å². The average molecular weight is 546 g/mol. The summed E-state index contributed by atoms with van der Waals surface area (Å²) in [5, 5.41) is 21.3. The van der Waals surface area contributed by atoms with Gasteiger partial charge in [0.2, 0.25) is 0 Å². The Hall–Kier alpha value is -4.38. The number of carbonyl (C=O) groups excluding carboxylic acids is 1. The number of aryl methyl sites for hydroxylation is 1. The van der Waals surface area contributed by atoms with E-state index in [1.165, 1.54) is 11.0 Å². The number of carbonyl (C=O) groups is 1. The molecule has 1 aromatic carbocycles. The highest BCUT2D eigenvalue weighted by molar-refractivity contribution is 5.89. The number of hydrogen-bond acceptors (Lipinski definition) is 7. The van der Waals surface area contributed by atoms with E-state index in [1.54, 1.807) is 4.68 Å². The summed E-state index contributed by atoms with van der Waals surface area (Å²) in [6.45, 7) is 3.69. The van der Waals surface area contributed by atoms with Gasteiger partial charge in [-0.15, -0.1) is 0 Å². The molecule has 1 amide bonds. The number of nitrogens with zero attached hydrogens (tertiary/aromatic N) is 7. The van der Waals surface area contributed by atoms with Crippen molar-refractivity contribution in [2.75, 3.05) is 31.1 Å². The Morgan fingerprint density at radius 3 is 2.45 bits per heavy atom. The third-order valence-corrected chi connectivity index (χ3v) is 7.66. The Morgan fingerprint density at radius 2 is 1.80 bits per heavy atom. The highest BCUT2D eigenvalue weighted by atomic mass is 19.1. The van der Waals surface area contributed by atoms with Crippen LogP contribution in [-0.2, 0) is 11.8 Å². The summed E-state index contributed by atoms with van der Waals surface area (Å²) in [5.74, 6) is -1.60. The van der Waals surface area contributed by atoms with E-state index in [0.29, 0.717) is 26.2 Å². The van der Waals surface area contributed by atoms with Gasteiger partial charge in [-0.25, -0.2) is 13.8 Å². The zero-order valence-electron chi connectivity index (χ0n) is 22.2. The number of aromatic nitrogens is 3. The molecule has 11 heteroatoms. The summed E-state index contributed by atoms with van der Waals surface area (Å²) in [6, 6.07) is 7.34. The van der Waals surface area contributed by atoms with Crippen molar-refractivity contribution in [3.8, 4) is 0 Å². The number of aliphatic hydroxyl groups excluding tert-OH is 1. The largest absolute Gasteiger partial charge is 0.378 e. The van der Waals surface area contributed by atoms with E-state index < -0.39 is 29.2 Å². The lowest BCUT2D eigenvalue weighted by Crippen LogP contribution is -2.50. The Balaban J connectivity index is 1.15. The first-order chi connectivity index (χ1) is 19.3. The third-order valence-electron chi connectivity index (χ3n) is 7.66. The SMILES string of the molecule is CC1C=NN2C=C(c3cnn(C)c3)C=C(c3ccc(N4CCN(C(=O)C(O)c5c(F)cccc5F)CC4)nc3)C12. The van der Waals surface area contributed by atoms with Crippen molar-refractivity contribution in [3.63, 3.8) is 0 Å². The molecule has 0 bridgehead atoms. The van der Waals surface area contributed by atoms with Crippen LogP contribution in [0.15, 0.2) is 66.3 Å². The van der Waals surface area contributed by atoms with Gasteiger partial charge >= 0.3 is 0 Å². The second kappa shape index (κ2) is 10.3. The van der Waals surface area contributed by atoms with Gasteiger partial charge in [-0.2, -0.15) is 10.2 Å². The van der Waals surface area contributed by atoms with Crippen molar-refractivity contribution >= 4 is 29.1 Å². The maximum absolute atomic E-state index is 14.1. The normalized spacial score (nSPS) is 21.3. The molecule has 40 heavy (non-hydrogen) atoms. The fourth-order valence-electron chi connectivity index (χ4n) is 5.50. The fourth-order valence-corrected chi connectivity index (χ4v) is 5.50. The number of hydrazone groups is 1. The van der Waals surface area contributed by atoms with Crippen LogP contribution < -0.4 is 4.90 Å². The van der Waals surface area contributed by atoms with Gasteiger partial charge in [-0.1, -0.05) is 13.0 Å². The monoisotopic (exact) mass is 545 g/mol. The van der Waals surface area contributed by atoms with Gasteiger partial charge in [0.15, 0.2) is 6.10 Å². The summed E-state index contributed by atoms with van der Waals surface area (Å²) in [7, 11) is 1.89. The Bertz CT molecular complexity index is 1500. The molecule has 6 rings (SSSR count). The summed E-state index contributed by atoms with van der Waals surface area (Å²) in [6.07, 6.45) is 9.96. The molecular formula is C29H29F2N7O2. The van der Waals surface area contributed by atoms with Crippen LogP contribution >= 0.6 is 0 Å². The van der Waals surface area contributed by atoms with Crippen molar-refractivity contribution in [1.29, 1.82) is 0 Å². The maximum Gasteiger partial charge on any atom is 0.256 e. The van der Waals surface area contributed by atoms with Gasteiger partial charge in [0.1, 0.15) is 17.5 Å². The molecule has 3 aromatic rings. The smallest absolute Gasteiger partial charge is 0.256 e. The number of fused-ring (bicyclic) bond motifs is 1. The molecular weight excluding hydrogens is 516 g/mol. The number of allylic oxidation sites excluding steroid dienone is 2. The van der Waals surface area contributed by atoms with E-state index in [1.807, 2.05) is 60.1 Å². The number of hydrogen-bond donors (Lipinski definition) is 1. The van der Waals surface area contributed by atoms with Crippen LogP contribution in [0.1, 0.15) is 29.7 Å². The molecule has 1 N–H and O–H groups in total. The molecule has 2 aromatic heterocycles. The summed E-state index contributed by atoms with van der Waals surface area (Å²) in [5.41, 5.74) is 3.52. The summed E-state index contributed by atoms with van der Waals surface area (Å²) < 4.78 is 29.9. The minimum Gasteiger partial charge on any atom is -0.378 e. The average Bonchev–Trinajstić information content (AvgIpc) is 3.57. The van der Waals surface area contributed by atoms with Gasteiger partial charge in [0.05, 0.1) is 17.8 Å². The standard InChI is InChI=1S/C29H29F2N7O2/c1-18-13-34-38-17-20(21-15-33-35(2)16-21)12-22(27(18)38)19-6-7-25(32-14-19)36-8-10-37(11-9-36)29(40)28(39)26-23(30)4-3-5-24(26)31/h3-7,12-18,27-28,39H,8-11H2,1-2H3. The van der Waals surface area contributed by atoms with Crippen molar-refractivity contribution in [2.45, 2.75) is 19.1 Å². The van der Waals surface area contributed by atoms with Crippen LogP contribution in [0.3, 0.4) is 0 Å². The fraction of sp³-hybridized carbons (Fsp3) is 0.310.